The molecule has 1 rings (SSSR count). The van der Waals surface area contributed by atoms with Gasteiger partial charge in [0.1, 0.15) is 11.1 Å². The molecule has 1 aliphatic rings. The summed E-state index contributed by atoms with van der Waals surface area (Å²) in [5, 5.41) is 2.69. The Balaban J connectivity index is 2.66. The molecule has 5 heteroatoms. The average Bonchev–Trinajstić information content (AvgIpc) is 2.99. The summed E-state index contributed by atoms with van der Waals surface area (Å²) in [6.45, 7) is 9.72. The molecule has 0 bridgehead atoms. The largest absolute Gasteiger partial charge is 0.458 e. The van der Waals surface area contributed by atoms with Crippen LogP contribution in [0.5, 0.6) is 0 Å². The van der Waals surface area contributed by atoms with Crippen molar-refractivity contribution in [1.29, 1.82) is 0 Å². The van der Waals surface area contributed by atoms with Crippen LogP contribution in [0.15, 0.2) is 0 Å². The van der Waals surface area contributed by atoms with Crippen molar-refractivity contribution in [3.8, 4) is 0 Å². The van der Waals surface area contributed by atoms with Gasteiger partial charge in [-0.2, -0.15) is 0 Å². The summed E-state index contributed by atoms with van der Waals surface area (Å²) in [5.41, 5.74) is -1.44. The summed E-state index contributed by atoms with van der Waals surface area (Å²) >= 11 is 0. The van der Waals surface area contributed by atoms with E-state index in [0.717, 1.165) is 12.8 Å². The van der Waals surface area contributed by atoms with Crippen molar-refractivity contribution in [2.24, 2.45) is 5.92 Å². The third-order valence-corrected chi connectivity index (χ3v) is 3.12. The second-order valence-corrected chi connectivity index (χ2v) is 6.04. The van der Waals surface area contributed by atoms with Crippen LogP contribution >= 0.6 is 0 Å². The van der Waals surface area contributed by atoms with Crippen LogP contribution in [0.3, 0.4) is 0 Å². The molecule has 1 aliphatic carbocycles. The van der Waals surface area contributed by atoms with Crippen molar-refractivity contribution in [3.05, 3.63) is 0 Å². The molecule has 2 atom stereocenters. The number of alkyl carbamates (subject to hydrolysis) is 1. The summed E-state index contributed by atoms with van der Waals surface area (Å²) in [7, 11) is 0. The van der Waals surface area contributed by atoms with Gasteiger partial charge in [-0.3, -0.25) is 0 Å². The van der Waals surface area contributed by atoms with Gasteiger partial charge in [-0.25, -0.2) is 9.59 Å². The van der Waals surface area contributed by atoms with Crippen LogP contribution < -0.4 is 5.32 Å². The van der Waals surface area contributed by atoms with E-state index in [1.165, 1.54) is 0 Å². The Kier molecular flexibility index (Phi) is 4.82. The number of rotatable bonds is 5. The molecular weight excluding hydrogens is 246 g/mol. The highest BCUT2D eigenvalue weighted by Crippen LogP contribution is 2.47. The van der Waals surface area contributed by atoms with Crippen molar-refractivity contribution >= 4 is 12.1 Å². The second-order valence-electron chi connectivity index (χ2n) is 6.04. The molecule has 0 radical (unpaired) electrons. The SMILES string of the molecule is CCCOC(=O)NC1(C(=O)OC(C)(C)C)CC1CC. The van der Waals surface area contributed by atoms with Gasteiger partial charge in [0, 0.05) is 0 Å². The number of nitrogens with one attached hydrogen (secondary N) is 1. The van der Waals surface area contributed by atoms with Crippen LogP contribution in [0, 0.1) is 5.92 Å². The predicted octanol–water partition coefficient (Wildman–Crippen LogP) is 2.63. The Morgan fingerprint density at radius 2 is 1.95 bits per heavy atom. The normalized spacial score (nSPS) is 25.6. The van der Waals surface area contributed by atoms with Crippen molar-refractivity contribution < 1.29 is 19.1 Å². The highest BCUT2D eigenvalue weighted by atomic mass is 16.6. The smallest absolute Gasteiger partial charge is 0.408 e. The van der Waals surface area contributed by atoms with E-state index in [1.807, 2.05) is 34.6 Å². The fourth-order valence-electron chi connectivity index (χ4n) is 2.06. The standard InChI is InChI=1S/C14H25NO4/c1-6-8-18-12(17)15-14(9-10(14)7-2)11(16)19-13(3,4)5/h10H,6-9H2,1-5H3,(H,15,17). The minimum absolute atomic E-state index is 0.136. The number of amides is 1. The number of ether oxygens (including phenoxy) is 2. The van der Waals surface area contributed by atoms with Gasteiger partial charge in [0.05, 0.1) is 6.61 Å². The highest BCUT2D eigenvalue weighted by Gasteiger charge is 2.62. The molecule has 0 saturated heterocycles. The third kappa shape index (κ3) is 4.11. The van der Waals surface area contributed by atoms with Gasteiger partial charge in [0.15, 0.2) is 0 Å². The fraction of sp³-hybridized carbons (Fsp3) is 0.857. The maximum Gasteiger partial charge on any atom is 0.408 e. The topological polar surface area (TPSA) is 64.6 Å². The summed E-state index contributed by atoms with van der Waals surface area (Å²) in [5.74, 6) is -0.225. The zero-order valence-electron chi connectivity index (χ0n) is 12.5. The van der Waals surface area contributed by atoms with E-state index in [-0.39, 0.29) is 11.9 Å². The van der Waals surface area contributed by atoms with Gasteiger partial charge in [-0.15, -0.1) is 0 Å². The molecule has 5 nitrogen and oxygen atoms in total. The molecule has 19 heavy (non-hydrogen) atoms. The van der Waals surface area contributed by atoms with E-state index < -0.39 is 17.2 Å². The Hall–Kier alpha value is -1.26. The van der Waals surface area contributed by atoms with E-state index in [0.29, 0.717) is 13.0 Å². The van der Waals surface area contributed by atoms with Crippen LogP contribution in [0.1, 0.15) is 53.9 Å². The summed E-state index contributed by atoms with van der Waals surface area (Å²) < 4.78 is 10.4. The van der Waals surface area contributed by atoms with E-state index >= 15 is 0 Å². The van der Waals surface area contributed by atoms with Crippen LogP contribution in [0.25, 0.3) is 0 Å². The molecule has 1 fully saturated rings. The zero-order chi connectivity index (χ0) is 14.7. The number of carbonyl (C=O) groups excluding carboxylic acids is 2. The van der Waals surface area contributed by atoms with E-state index in [9.17, 15) is 9.59 Å². The van der Waals surface area contributed by atoms with Crippen LogP contribution in [-0.4, -0.2) is 29.8 Å². The van der Waals surface area contributed by atoms with Gasteiger partial charge in [-0.05, 0) is 39.5 Å². The highest BCUT2D eigenvalue weighted by molar-refractivity contribution is 5.89. The molecule has 0 aromatic rings. The molecular formula is C14H25NO4. The average molecular weight is 271 g/mol. The molecule has 1 saturated carbocycles. The quantitative estimate of drug-likeness (QED) is 0.781. The van der Waals surface area contributed by atoms with Gasteiger partial charge in [0.25, 0.3) is 0 Å². The van der Waals surface area contributed by atoms with Gasteiger partial charge in [0.2, 0.25) is 0 Å². The molecule has 0 aliphatic heterocycles. The minimum atomic E-state index is -0.882. The first-order chi connectivity index (χ1) is 8.75. The van der Waals surface area contributed by atoms with Crippen LogP contribution in [-0.2, 0) is 14.3 Å². The van der Waals surface area contributed by atoms with Crippen molar-refractivity contribution in [1.82, 2.24) is 5.32 Å². The molecule has 0 aromatic heterocycles. The van der Waals surface area contributed by atoms with Crippen molar-refractivity contribution in [2.75, 3.05) is 6.61 Å². The molecule has 110 valence electrons. The third-order valence-electron chi connectivity index (χ3n) is 3.12. The maximum absolute atomic E-state index is 12.2. The number of hydrogen-bond donors (Lipinski definition) is 1. The van der Waals surface area contributed by atoms with Crippen LogP contribution in [0.4, 0.5) is 4.79 Å². The summed E-state index contributed by atoms with van der Waals surface area (Å²) in [6, 6.07) is 0. The van der Waals surface area contributed by atoms with Gasteiger partial charge in [-0.1, -0.05) is 20.3 Å². The van der Waals surface area contributed by atoms with E-state index in [2.05, 4.69) is 5.32 Å². The first-order valence-electron chi connectivity index (χ1n) is 6.93. The lowest BCUT2D eigenvalue weighted by molar-refractivity contribution is -0.159. The molecule has 0 heterocycles. The first kappa shape index (κ1) is 15.8. The Bertz CT molecular complexity index is 348. The molecule has 2 unspecified atom stereocenters. The second kappa shape index (κ2) is 5.80. The first-order valence-corrected chi connectivity index (χ1v) is 6.93. The predicted molar refractivity (Wildman–Crippen MR) is 71.7 cm³/mol. The Labute approximate surface area is 115 Å². The van der Waals surface area contributed by atoms with E-state index in [1.54, 1.807) is 0 Å². The molecule has 1 amide bonds. The van der Waals surface area contributed by atoms with E-state index in [4.69, 9.17) is 9.47 Å². The lowest BCUT2D eigenvalue weighted by Gasteiger charge is -2.25. The summed E-state index contributed by atoms with van der Waals surface area (Å²) in [4.78, 5) is 23.9. The number of carbonyl (C=O) groups is 2. The monoisotopic (exact) mass is 271 g/mol. The fourth-order valence-corrected chi connectivity index (χ4v) is 2.06. The Morgan fingerprint density at radius 1 is 1.32 bits per heavy atom. The lowest BCUT2D eigenvalue weighted by atomic mass is 10.1. The van der Waals surface area contributed by atoms with Gasteiger partial charge >= 0.3 is 12.1 Å². The summed E-state index contributed by atoms with van der Waals surface area (Å²) in [6.07, 6.45) is 1.67. The lowest BCUT2D eigenvalue weighted by Crippen LogP contribution is -2.48. The molecule has 1 N–H and O–H groups in total. The maximum atomic E-state index is 12.2. The molecule has 0 aromatic carbocycles. The zero-order valence-corrected chi connectivity index (χ0v) is 12.5. The number of esters is 1. The minimum Gasteiger partial charge on any atom is -0.458 e. The molecule has 0 spiro atoms. The number of hydrogen-bond acceptors (Lipinski definition) is 4. The van der Waals surface area contributed by atoms with Gasteiger partial charge < -0.3 is 14.8 Å². The van der Waals surface area contributed by atoms with Crippen molar-refractivity contribution in [3.63, 3.8) is 0 Å². The van der Waals surface area contributed by atoms with Crippen molar-refractivity contribution in [2.45, 2.75) is 65.0 Å². The Morgan fingerprint density at radius 3 is 2.37 bits per heavy atom. The van der Waals surface area contributed by atoms with Crippen LogP contribution in [0.2, 0.25) is 0 Å².